The van der Waals surface area contributed by atoms with E-state index in [1.807, 2.05) is 0 Å². The third-order valence-corrected chi connectivity index (χ3v) is 15.6. The topological polar surface area (TPSA) is 231 Å². The number of rotatable bonds is 62. The third-order valence-electron chi connectivity index (χ3n) is 13.7. The van der Waals surface area contributed by atoms with Crippen molar-refractivity contribution in [3.8, 4) is 0 Å². The van der Waals surface area contributed by atoms with Crippen LogP contribution in [0.2, 0.25) is 0 Å². The number of hydrogen-bond donors (Lipinski definition) is 4. The number of hydrogen-bond acceptors (Lipinski definition) is 14. The van der Waals surface area contributed by atoms with Gasteiger partial charge >= 0.3 is 33.6 Å². The SMILES string of the molecule is CC/C=C\C/C=C\C/C=C\C/C=C\CCCCCCCCC(=O)OCC(O)COP(=O)(O)OCC(O)COP(=O)(O)OCC(COC(=O)CCCCCCC/C=C\CCCCCCCC)OC(=O)CCCCCCCCCCCCCCC. The zero-order valence-corrected chi connectivity index (χ0v) is 53.9. The van der Waals surface area contributed by atoms with Gasteiger partial charge < -0.3 is 34.2 Å². The van der Waals surface area contributed by atoms with Crippen LogP contribution in [-0.4, -0.2) is 95.9 Å². The summed E-state index contributed by atoms with van der Waals surface area (Å²) >= 11 is 0. The van der Waals surface area contributed by atoms with Gasteiger partial charge in [-0.05, 0) is 83.5 Å². The van der Waals surface area contributed by atoms with Crippen molar-refractivity contribution in [3.05, 3.63) is 60.8 Å². The van der Waals surface area contributed by atoms with Gasteiger partial charge in [-0.15, -0.1) is 0 Å². The van der Waals surface area contributed by atoms with E-state index in [0.717, 1.165) is 128 Å². The van der Waals surface area contributed by atoms with Crippen molar-refractivity contribution in [2.45, 2.75) is 296 Å². The average molecular weight is 1220 g/mol. The van der Waals surface area contributed by atoms with Gasteiger partial charge in [-0.1, -0.05) is 236 Å². The lowest BCUT2D eigenvalue weighted by atomic mass is 10.0. The third kappa shape index (κ3) is 60.7. The predicted molar refractivity (Wildman–Crippen MR) is 335 cm³/mol. The van der Waals surface area contributed by atoms with Crippen LogP contribution in [0.3, 0.4) is 0 Å². The number of esters is 3. The van der Waals surface area contributed by atoms with Crippen LogP contribution in [0.25, 0.3) is 0 Å². The summed E-state index contributed by atoms with van der Waals surface area (Å²) in [5.41, 5.74) is 0. The molecule has 0 aliphatic carbocycles. The summed E-state index contributed by atoms with van der Waals surface area (Å²) < 4.78 is 60.7. The molecular weight excluding hydrogens is 1100 g/mol. The van der Waals surface area contributed by atoms with Gasteiger partial charge in [0.1, 0.15) is 25.4 Å². The molecule has 0 rings (SSSR count). The van der Waals surface area contributed by atoms with Crippen LogP contribution in [0.4, 0.5) is 0 Å². The molecule has 0 aromatic heterocycles. The van der Waals surface area contributed by atoms with Gasteiger partial charge in [0.05, 0.1) is 26.4 Å². The van der Waals surface area contributed by atoms with Crippen molar-refractivity contribution >= 4 is 33.6 Å². The largest absolute Gasteiger partial charge is 0.472 e. The second-order valence-corrected chi connectivity index (χ2v) is 24.8. The Morgan fingerprint density at radius 1 is 0.349 bits per heavy atom. The predicted octanol–water partition coefficient (Wildman–Crippen LogP) is 17.4. The normalized spacial score (nSPS) is 14.7. The Bertz CT molecular complexity index is 1770. The molecule has 4 N–H and O–H groups in total. The van der Waals surface area contributed by atoms with E-state index >= 15 is 0 Å². The lowest BCUT2D eigenvalue weighted by Crippen LogP contribution is -2.30. The summed E-state index contributed by atoms with van der Waals surface area (Å²) in [7, 11) is -9.76. The first-order chi connectivity index (χ1) is 40.2. The fourth-order valence-corrected chi connectivity index (χ4v) is 10.3. The highest BCUT2D eigenvalue weighted by Gasteiger charge is 2.29. The van der Waals surface area contributed by atoms with Gasteiger partial charge in [0.2, 0.25) is 0 Å². The number of carbonyl (C=O) groups excluding carboxylic acids is 3. The molecule has 83 heavy (non-hydrogen) atoms. The minimum Gasteiger partial charge on any atom is -0.463 e. The van der Waals surface area contributed by atoms with Crippen LogP contribution in [0.15, 0.2) is 60.8 Å². The van der Waals surface area contributed by atoms with Crippen LogP contribution >= 0.6 is 15.6 Å². The second-order valence-electron chi connectivity index (χ2n) is 21.9. The van der Waals surface area contributed by atoms with Crippen molar-refractivity contribution in [1.29, 1.82) is 0 Å². The average Bonchev–Trinajstić information content (AvgIpc) is 3.46. The highest BCUT2D eigenvalue weighted by atomic mass is 31.2. The van der Waals surface area contributed by atoms with E-state index in [0.29, 0.717) is 19.3 Å². The van der Waals surface area contributed by atoms with Gasteiger partial charge in [0.25, 0.3) is 0 Å². The van der Waals surface area contributed by atoms with E-state index in [1.54, 1.807) is 0 Å². The summed E-state index contributed by atoms with van der Waals surface area (Å²) in [6.45, 7) is 2.54. The number of allylic oxidation sites excluding steroid dienone is 10. The first-order valence-electron chi connectivity index (χ1n) is 32.6. The molecule has 0 aliphatic heterocycles. The summed E-state index contributed by atoms with van der Waals surface area (Å²) in [6.07, 6.45) is 58.5. The molecule has 0 radical (unpaired) electrons. The monoisotopic (exact) mass is 1220 g/mol. The Balaban J connectivity index is 4.63. The molecule has 0 saturated carbocycles. The summed E-state index contributed by atoms with van der Waals surface area (Å²) in [5.74, 6) is -1.58. The maximum absolute atomic E-state index is 12.9. The molecule has 5 atom stereocenters. The van der Waals surface area contributed by atoms with E-state index in [-0.39, 0.29) is 19.3 Å². The quantitative estimate of drug-likeness (QED) is 0.0146. The molecule has 16 nitrogen and oxygen atoms in total. The van der Waals surface area contributed by atoms with Crippen LogP contribution in [-0.2, 0) is 55.8 Å². The molecule has 18 heteroatoms. The smallest absolute Gasteiger partial charge is 0.463 e. The van der Waals surface area contributed by atoms with E-state index in [4.69, 9.17) is 32.3 Å². The number of aliphatic hydroxyl groups excluding tert-OH is 2. The lowest BCUT2D eigenvalue weighted by Gasteiger charge is -2.21. The molecule has 0 bridgehead atoms. The Morgan fingerprint density at radius 2 is 0.639 bits per heavy atom. The van der Waals surface area contributed by atoms with Gasteiger partial charge in [0.15, 0.2) is 6.10 Å². The fourth-order valence-electron chi connectivity index (χ4n) is 8.73. The van der Waals surface area contributed by atoms with Crippen molar-refractivity contribution in [2.75, 3.05) is 39.6 Å². The van der Waals surface area contributed by atoms with E-state index in [2.05, 4.69) is 81.5 Å². The molecule has 0 aromatic rings. The number of phosphoric ester groups is 2. The molecule has 0 aliphatic rings. The Morgan fingerprint density at radius 3 is 1.02 bits per heavy atom. The highest BCUT2D eigenvalue weighted by molar-refractivity contribution is 7.47. The van der Waals surface area contributed by atoms with Gasteiger partial charge in [-0.25, -0.2) is 9.13 Å². The molecule has 0 fully saturated rings. The number of unbranched alkanes of at least 4 members (excludes halogenated alkanes) is 29. The molecule has 0 heterocycles. The van der Waals surface area contributed by atoms with Gasteiger partial charge in [-0.2, -0.15) is 0 Å². The van der Waals surface area contributed by atoms with Crippen LogP contribution in [0.5, 0.6) is 0 Å². The Labute approximate surface area is 503 Å². The van der Waals surface area contributed by atoms with E-state index in [1.165, 1.54) is 89.9 Å². The molecule has 0 saturated heterocycles. The molecular formula is C65H118O16P2. The lowest BCUT2D eigenvalue weighted by molar-refractivity contribution is -0.161. The van der Waals surface area contributed by atoms with Crippen molar-refractivity contribution < 1.29 is 75.8 Å². The minimum atomic E-state index is -4.91. The zero-order valence-electron chi connectivity index (χ0n) is 52.1. The maximum Gasteiger partial charge on any atom is 0.472 e. The van der Waals surface area contributed by atoms with Gasteiger partial charge in [-0.3, -0.25) is 32.5 Å². The number of carbonyl (C=O) groups is 3. The fraction of sp³-hybridized carbons (Fsp3) is 0.800. The van der Waals surface area contributed by atoms with Gasteiger partial charge in [0, 0.05) is 19.3 Å². The number of aliphatic hydroxyl groups is 2. The maximum atomic E-state index is 12.9. The first-order valence-corrected chi connectivity index (χ1v) is 35.6. The Hall–Kier alpha value is -2.75. The number of phosphoric acid groups is 2. The van der Waals surface area contributed by atoms with Crippen LogP contribution in [0, 0.1) is 0 Å². The molecule has 0 aromatic carbocycles. The standard InChI is InChI=1S/C65H118O16P2/c1-4-7-10-13-16-19-22-25-27-28-29-30-32-35-36-39-42-45-48-51-63(68)75-54-60(66)55-77-82(71,72)78-56-61(67)57-79-83(73,74)80-59-62(81-65(70)53-50-47-44-41-38-33-24-21-18-15-12-9-6-3)58-76-64(69)52-49-46-43-40-37-34-31-26-23-20-17-14-11-8-5-2/h7,10,16,19,25-27,29-31,60-62,66-67H,4-6,8-9,11-15,17-18,20-24,28,32-59H2,1-3H3,(H,71,72)(H,73,74)/b10-7-,19-16-,27-25-,30-29-,31-26-. The Kier molecular flexibility index (Phi) is 57.6. The minimum absolute atomic E-state index is 0.108. The molecule has 0 spiro atoms. The summed E-state index contributed by atoms with van der Waals surface area (Å²) in [4.78, 5) is 58.2. The first kappa shape index (κ1) is 80.2. The summed E-state index contributed by atoms with van der Waals surface area (Å²) in [5, 5.41) is 20.5. The number of ether oxygens (including phenoxy) is 3. The van der Waals surface area contributed by atoms with Crippen molar-refractivity contribution in [1.82, 2.24) is 0 Å². The van der Waals surface area contributed by atoms with Crippen molar-refractivity contribution in [3.63, 3.8) is 0 Å². The van der Waals surface area contributed by atoms with E-state index < -0.39 is 91.5 Å². The zero-order chi connectivity index (χ0) is 61.0. The van der Waals surface area contributed by atoms with Crippen LogP contribution < -0.4 is 0 Å². The van der Waals surface area contributed by atoms with E-state index in [9.17, 15) is 43.5 Å². The second kappa shape index (κ2) is 59.6. The van der Waals surface area contributed by atoms with Crippen LogP contribution in [0.1, 0.15) is 278 Å². The molecule has 484 valence electrons. The highest BCUT2D eigenvalue weighted by Crippen LogP contribution is 2.45. The summed E-state index contributed by atoms with van der Waals surface area (Å²) in [6, 6.07) is 0. The van der Waals surface area contributed by atoms with Crippen molar-refractivity contribution in [2.24, 2.45) is 0 Å². The molecule has 0 amide bonds. The molecule has 5 unspecified atom stereocenters.